The third-order valence-electron chi connectivity index (χ3n) is 22.1. The zero-order valence-electron chi connectivity index (χ0n) is 74.9. The van der Waals surface area contributed by atoms with Gasteiger partial charge in [0.15, 0.2) is 12.2 Å². The first kappa shape index (κ1) is 111. The normalized spacial score (nSPS) is 13.7. The summed E-state index contributed by atoms with van der Waals surface area (Å²) in [6.45, 7) is 12.1. The molecule has 3 N–H and O–H groups in total. The van der Waals surface area contributed by atoms with Crippen LogP contribution in [0.3, 0.4) is 0 Å². The van der Waals surface area contributed by atoms with Gasteiger partial charge in [0.25, 0.3) is 0 Å². The Morgan fingerprint density at radius 1 is 0.239 bits per heavy atom. The molecular formula is C94H184O17P2. The molecule has 0 amide bonds. The van der Waals surface area contributed by atoms with Gasteiger partial charge in [-0.15, -0.1) is 0 Å². The van der Waals surface area contributed by atoms with Crippen molar-refractivity contribution in [2.75, 3.05) is 39.6 Å². The lowest BCUT2D eigenvalue weighted by Gasteiger charge is -2.21. The van der Waals surface area contributed by atoms with Gasteiger partial charge in [-0.3, -0.25) is 37.3 Å². The second-order valence-electron chi connectivity index (χ2n) is 35.2. The van der Waals surface area contributed by atoms with E-state index in [-0.39, 0.29) is 25.7 Å². The molecule has 113 heavy (non-hydrogen) atoms. The third kappa shape index (κ3) is 87.7. The van der Waals surface area contributed by atoms with Gasteiger partial charge >= 0.3 is 39.5 Å². The molecule has 0 spiro atoms. The van der Waals surface area contributed by atoms with Crippen LogP contribution in [-0.4, -0.2) is 96.7 Å². The van der Waals surface area contributed by atoms with Crippen LogP contribution in [0.1, 0.15) is 504 Å². The summed E-state index contributed by atoms with van der Waals surface area (Å²) >= 11 is 0. The maximum absolute atomic E-state index is 13.2. The maximum Gasteiger partial charge on any atom is 0.472 e. The number of phosphoric acid groups is 2. The highest BCUT2D eigenvalue weighted by Crippen LogP contribution is 2.45. The van der Waals surface area contributed by atoms with E-state index in [0.717, 1.165) is 108 Å². The van der Waals surface area contributed by atoms with E-state index in [2.05, 4.69) is 48.5 Å². The Morgan fingerprint density at radius 3 is 0.602 bits per heavy atom. The largest absolute Gasteiger partial charge is 0.472 e. The van der Waals surface area contributed by atoms with Crippen molar-refractivity contribution in [2.24, 2.45) is 17.8 Å². The van der Waals surface area contributed by atoms with Crippen molar-refractivity contribution in [3.63, 3.8) is 0 Å². The highest BCUT2D eigenvalue weighted by Gasteiger charge is 2.31. The molecule has 0 rings (SSSR count). The van der Waals surface area contributed by atoms with E-state index in [4.69, 9.17) is 37.0 Å². The number of aliphatic hydroxyl groups excluding tert-OH is 1. The van der Waals surface area contributed by atoms with E-state index in [1.54, 1.807) is 0 Å². The molecule has 0 aromatic carbocycles. The molecule has 2 unspecified atom stereocenters. The van der Waals surface area contributed by atoms with E-state index in [0.29, 0.717) is 25.7 Å². The molecular weight excluding hydrogens is 1460 g/mol. The highest BCUT2D eigenvalue weighted by molar-refractivity contribution is 7.47. The van der Waals surface area contributed by atoms with Gasteiger partial charge in [0, 0.05) is 25.7 Å². The van der Waals surface area contributed by atoms with Crippen molar-refractivity contribution < 1.29 is 80.2 Å². The van der Waals surface area contributed by atoms with Crippen molar-refractivity contribution in [2.45, 2.75) is 523 Å². The average Bonchev–Trinajstić information content (AvgIpc) is 0.900. The number of hydrogen-bond donors (Lipinski definition) is 3. The van der Waals surface area contributed by atoms with Gasteiger partial charge in [-0.25, -0.2) is 9.13 Å². The molecule has 0 bridgehead atoms. The lowest BCUT2D eigenvalue weighted by molar-refractivity contribution is -0.161. The topological polar surface area (TPSA) is 237 Å². The van der Waals surface area contributed by atoms with E-state index in [1.165, 1.54) is 315 Å². The van der Waals surface area contributed by atoms with Gasteiger partial charge in [-0.05, 0) is 43.4 Å². The quantitative estimate of drug-likeness (QED) is 0.0222. The van der Waals surface area contributed by atoms with Gasteiger partial charge < -0.3 is 33.8 Å². The Labute approximate surface area is 696 Å². The molecule has 672 valence electrons. The predicted octanol–water partition coefficient (Wildman–Crippen LogP) is 29.2. The molecule has 0 fully saturated rings. The zero-order chi connectivity index (χ0) is 82.9. The minimum Gasteiger partial charge on any atom is -0.462 e. The number of rotatable bonds is 92. The fourth-order valence-corrected chi connectivity index (χ4v) is 16.4. The molecule has 5 atom stereocenters. The number of carbonyl (C=O) groups is 4. The van der Waals surface area contributed by atoms with Crippen LogP contribution in [-0.2, 0) is 65.4 Å². The summed E-state index contributed by atoms with van der Waals surface area (Å²) < 4.78 is 69.2. The summed E-state index contributed by atoms with van der Waals surface area (Å²) in [6.07, 6.45) is 77.9. The van der Waals surface area contributed by atoms with E-state index >= 15 is 0 Å². The first-order valence-corrected chi connectivity index (χ1v) is 51.3. The van der Waals surface area contributed by atoms with Gasteiger partial charge in [0.2, 0.25) is 0 Å². The molecule has 0 radical (unpaired) electrons. The van der Waals surface area contributed by atoms with Crippen molar-refractivity contribution >= 4 is 39.5 Å². The number of phosphoric ester groups is 2. The lowest BCUT2D eigenvalue weighted by atomic mass is 10.0. The first-order chi connectivity index (χ1) is 54.7. The second kappa shape index (κ2) is 83.7. The SMILES string of the molecule is CCCCCCCCCCCCCCCCCCCCCC(=O)O[C@H](COC(=O)CCCCCCCCCCCC(C)C)COP(=O)(O)OC[C@H](O)COP(=O)(O)OC[C@@H](COC(=O)CCCCCCCCCCCCCCCCCCCCC(C)C)OC(=O)CCCCCCCCCCCCCCCCCCCCC(C)C. The van der Waals surface area contributed by atoms with Gasteiger partial charge in [-0.2, -0.15) is 0 Å². The van der Waals surface area contributed by atoms with Gasteiger partial charge in [-0.1, -0.05) is 453 Å². The summed E-state index contributed by atoms with van der Waals surface area (Å²) in [7, 11) is -9.94. The molecule has 0 saturated heterocycles. The summed E-state index contributed by atoms with van der Waals surface area (Å²) in [6, 6.07) is 0. The van der Waals surface area contributed by atoms with Crippen molar-refractivity contribution in [1.82, 2.24) is 0 Å². The Balaban J connectivity index is 5.24. The van der Waals surface area contributed by atoms with Crippen molar-refractivity contribution in [3.05, 3.63) is 0 Å². The standard InChI is InChI=1S/C94H184O17P2/c1-8-9-10-11-12-13-14-15-16-17-18-26-31-36-41-48-56-63-70-78-94(99)111-90(82-105-92(97)76-69-62-55-50-43-46-53-60-67-74-87(6)7)84-109-113(102,103)107-80-88(95)79-106-112(100,101)108-83-89(110-93(98)77-71-64-57-49-42-37-32-27-22-20-24-29-34-39-45-52-59-66-73-86(4)5)81-104-91(96)75-68-61-54-47-40-35-30-25-21-19-23-28-33-38-44-51-58-65-72-85(2)3/h85-90,95H,8-84H2,1-7H3,(H,100,101)(H,102,103)/t88-,89-,90-/m1/s1. The summed E-state index contributed by atoms with van der Waals surface area (Å²) in [5.41, 5.74) is 0. The molecule has 19 heteroatoms. The molecule has 0 aliphatic heterocycles. The Kier molecular flexibility index (Phi) is 82.3. The second-order valence-corrected chi connectivity index (χ2v) is 38.1. The Morgan fingerprint density at radius 2 is 0.407 bits per heavy atom. The number of ether oxygens (including phenoxy) is 4. The minimum atomic E-state index is -4.97. The van der Waals surface area contributed by atoms with Crippen LogP contribution >= 0.6 is 15.6 Å². The third-order valence-corrected chi connectivity index (χ3v) is 24.0. The molecule has 0 aliphatic rings. The predicted molar refractivity (Wildman–Crippen MR) is 469 cm³/mol. The van der Waals surface area contributed by atoms with E-state index in [1.807, 2.05) is 0 Å². The average molecular weight is 1650 g/mol. The van der Waals surface area contributed by atoms with Crippen LogP contribution in [0.15, 0.2) is 0 Å². The molecule has 0 aromatic heterocycles. The number of carbonyl (C=O) groups excluding carboxylic acids is 4. The summed E-state index contributed by atoms with van der Waals surface area (Å²) in [5, 5.41) is 10.7. The summed E-state index contributed by atoms with van der Waals surface area (Å²) in [5.74, 6) is 0.292. The smallest absolute Gasteiger partial charge is 0.462 e. The number of aliphatic hydroxyl groups is 1. The highest BCUT2D eigenvalue weighted by atomic mass is 31.2. The lowest BCUT2D eigenvalue weighted by Crippen LogP contribution is -2.30. The molecule has 0 saturated carbocycles. The Hall–Kier alpha value is -1.94. The van der Waals surface area contributed by atoms with Gasteiger partial charge in [0.05, 0.1) is 26.4 Å². The summed E-state index contributed by atoms with van der Waals surface area (Å²) in [4.78, 5) is 73.5. The van der Waals surface area contributed by atoms with Crippen molar-refractivity contribution in [1.29, 1.82) is 0 Å². The van der Waals surface area contributed by atoms with E-state index < -0.39 is 97.5 Å². The molecule has 0 heterocycles. The zero-order valence-corrected chi connectivity index (χ0v) is 76.7. The fraction of sp³-hybridized carbons (Fsp3) is 0.957. The minimum absolute atomic E-state index is 0.109. The molecule has 0 aliphatic carbocycles. The molecule has 17 nitrogen and oxygen atoms in total. The fourth-order valence-electron chi connectivity index (χ4n) is 14.8. The first-order valence-electron chi connectivity index (χ1n) is 48.3. The van der Waals surface area contributed by atoms with Crippen LogP contribution in [0.4, 0.5) is 0 Å². The van der Waals surface area contributed by atoms with E-state index in [9.17, 15) is 43.2 Å². The van der Waals surface area contributed by atoms with Crippen LogP contribution in [0.2, 0.25) is 0 Å². The van der Waals surface area contributed by atoms with Crippen LogP contribution in [0.25, 0.3) is 0 Å². The van der Waals surface area contributed by atoms with Crippen LogP contribution in [0, 0.1) is 17.8 Å². The number of esters is 4. The Bertz CT molecular complexity index is 2170. The number of unbranched alkanes of at least 4 members (excludes halogenated alkanes) is 60. The monoisotopic (exact) mass is 1650 g/mol. The molecule has 0 aromatic rings. The van der Waals surface area contributed by atoms with Gasteiger partial charge in [0.1, 0.15) is 19.3 Å². The van der Waals surface area contributed by atoms with Crippen molar-refractivity contribution in [3.8, 4) is 0 Å². The maximum atomic E-state index is 13.2. The van der Waals surface area contributed by atoms with Crippen LogP contribution in [0.5, 0.6) is 0 Å². The number of hydrogen-bond acceptors (Lipinski definition) is 15. The van der Waals surface area contributed by atoms with Crippen LogP contribution < -0.4 is 0 Å².